The molecule has 1 aliphatic rings. The van der Waals surface area contributed by atoms with Crippen molar-refractivity contribution in [2.45, 2.75) is 40.2 Å². The molecule has 1 fully saturated rings. The molecule has 224 valence electrons. The first-order chi connectivity index (χ1) is 19.6. The maximum Gasteiger partial charge on any atom is 0.410 e. The molecule has 2 aromatic carbocycles. The van der Waals surface area contributed by atoms with Gasteiger partial charge in [-0.1, -0.05) is 34.8 Å². The summed E-state index contributed by atoms with van der Waals surface area (Å²) in [7, 11) is 0. The molecule has 0 aliphatic carbocycles. The number of hydrogen-bond acceptors (Lipinski definition) is 5. The first kappa shape index (κ1) is 31.8. The summed E-state index contributed by atoms with van der Waals surface area (Å²) in [5, 5.41) is 0.758. The Morgan fingerprint density at radius 1 is 0.786 bits per heavy atom. The maximum absolute atomic E-state index is 14.1. The lowest BCUT2D eigenvalue weighted by Crippen LogP contribution is -2.50. The molecule has 2 aromatic heterocycles. The normalized spacial score (nSPS) is 13.8. The molecule has 42 heavy (non-hydrogen) atoms. The van der Waals surface area contributed by atoms with Crippen molar-refractivity contribution in [1.29, 1.82) is 0 Å². The van der Waals surface area contributed by atoms with Crippen LogP contribution in [-0.2, 0) is 4.74 Å². The molecular formula is C29H27Cl3F4N4O2. The van der Waals surface area contributed by atoms with Gasteiger partial charge in [-0.2, -0.15) is 0 Å². The molecule has 6 nitrogen and oxygen atoms in total. The van der Waals surface area contributed by atoms with Crippen LogP contribution in [0.2, 0.25) is 15.2 Å². The number of fused-ring (bicyclic) bond motifs is 2. The number of pyridine rings is 2. The van der Waals surface area contributed by atoms with Gasteiger partial charge in [-0.3, -0.25) is 0 Å². The van der Waals surface area contributed by atoms with Gasteiger partial charge in [0.15, 0.2) is 0 Å². The quantitative estimate of drug-likeness (QED) is 0.153. The van der Waals surface area contributed by atoms with Crippen molar-refractivity contribution >= 4 is 68.5 Å². The predicted molar refractivity (Wildman–Crippen MR) is 158 cm³/mol. The van der Waals surface area contributed by atoms with E-state index in [1.165, 1.54) is 6.07 Å². The number of carbonyl (C=O) groups is 1. The van der Waals surface area contributed by atoms with E-state index in [9.17, 15) is 22.4 Å². The van der Waals surface area contributed by atoms with Crippen molar-refractivity contribution in [3.8, 4) is 0 Å². The van der Waals surface area contributed by atoms with Gasteiger partial charge in [0.05, 0.1) is 31.9 Å². The Morgan fingerprint density at radius 3 is 1.76 bits per heavy atom. The van der Waals surface area contributed by atoms with Crippen molar-refractivity contribution < 1.29 is 27.1 Å². The summed E-state index contributed by atoms with van der Waals surface area (Å²) in [5.74, 6) is -2.30. The fourth-order valence-corrected chi connectivity index (χ4v) is 5.20. The van der Waals surface area contributed by atoms with Crippen molar-refractivity contribution in [2.24, 2.45) is 0 Å². The van der Waals surface area contributed by atoms with E-state index in [2.05, 4.69) is 9.97 Å². The van der Waals surface area contributed by atoms with E-state index in [4.69, 9.17) is 39.5 Å². The van der Waals surface area contributed by atoms with Gasteiger partial charge in [0, 0.05) is 61.6 Å². The number of nitrogens with zero attached hydrogens (tertiary/aromatic N) is 4. The van der Waals surface area contributed by atoms with E-state index in [0.717, 1.165) is 18.2 Å². The van der Waals surface area contributed by atoms with E-state index in [1.807, 2.05) is 25.7 Å². The largest absolute Gasteiger partial charge is 0.444 e. The number of amides is 1. The molecule has 0 spiro atoms. The summed E-state index contributed by atoms with van der Waals surface area (Å²) in [4.78, 5) is 24.1. The molecule has 1 saturated heterocycles. The van der Waals surface area contributed by atoms with Gasteiger partial charge in [0.2, 0.25) is 0 Å². The van der Waals surface area contributed by atoms with Crippen molar-refractivity contribution in [1.82, 2.24) is 14.9 Å². The smallest absolute Gasteiger partial charge is 0.410 e. The van der Waals surface area contributed by atoms with Crippen LogP contribution in [-0.4, -0.2) is 52.7 Å². The zero-order chi connectivity index (χ0) is 31.1. The third-order valence-corrected chi connectivity index (χ3v) is 7.80. The van der Waals surface area contributed by atoms with Crippen LogP contribution < -0.4 is 4.90 Å². The van der Waals surface area contributed by atoms with Gasteiger partial charge in [-0.25, -0.2) is 32.3 Å². The standard InChI is InChI=1S/C19H22ClF2N3O2.C10H5Cl2F2N/c1-11-16(20)15-13(22)9-12(21)10-14(15)23-17(11)24-5-7-25(8-6-24)18(26)27-19(2,3)4;1-4-9(11)8-6(14)2-5(13)3-7(8)15-10(4)12/h9-10H,5-8H2,1-4H3;2-3H,1H3. The Morgan fingerprint density at radius 2 is 1.26 bits per heavy atom. The molecule has 3 heterocycles. The van der Waals surface area contributed by atoms with E-state index in [-0.39, 0.29) is 43.1 Å². The molecule has 5 rings (SSSR count). The van der Waals surface area contributed by atoms with Gasteiger partial charge in [0.1, 0.15) is 39.8 Å². The number of rotatable bonds is 1. The summed E-state index contributed by atoms with van der Waals surface area (Å²) in [6.07, 6.45) is -0.354. The van der Waals surface area contributed by atoms with Gasteiger partial charge in [0.25, 0.3) is 0 Å². The molecule has 0 saturated carbocycles. The minimum atomic E-state index is -0.734. The number of piperazine rings is 1. The van der Waals surface area contributed by atoms with Crippen LogP contribution in [0.5, 0.6) is 0 Å². The fourth-order valence-electron chi connectivity index (χ4n) is 4.42. The monoisotopic (exact) mass is 644 g/mol. The lowest BCUT2D eigenvalue weighted by atomic mass is 10.1. The first-order valence-corrected chi connectivity index (χ1v) is 14.0. The summed E-state index contributed by atoms with van der Waals surface area (Å²) in [6, 6.07) is 3.83. The van der Waals surface area contributed by atoms with Crippen LogP contribution in [0.15, 0.2) is 24.3 Å². The molecule has 0 unspecified atom stereocenters. The zero-order valence-electron chi connectivity index (χ0n) is 23.4. The lowest BCUT2D eigenvalue weighted by Gasteiger charge is -2.36. The summed E-state index contributed by atoms with van der Waals surface area (Å²) < 4.78 is 59.4. The number of aromatic nitrogens is 2. The summed E-state index contributed by atoms with van der Waals surface area (Å²) >= 11 is 18.0. The minimum absolute atomic E-state index is 0.0972. The van der Waals surface area contributed by atoms with Gasteiger partial charge >= 0.3 is 6.09 Å². The van der Waals surface area contributed by atoms with Crippen LogP contribution in [0.3, 0.4) is 0 Å². The van der Waals surface area contributed by atoms with E-state index in [1.54, 1.807) is 18.7 Å². The molecule has 0 atom stereocenters. The topological polar surface area (TPSA) is 58.6 Å². The number of carbonyl (C=O) groups excluding carboxylic acids is 1. The Bertz CT molecular complexity index is 1690. The highest BCUT2D eigenvalue weighted by Gasteiger charge is 2.28. The Labute approximate surface area is 255 Å². The van der Waals surface area contributed by atoms with Crippen LogP contribution in [0.25, 0.3) is 21.8 Å². The molecule has 0 bridgehead atoms. The number of hydrogen-bond donors (Lipinski definition) is 0. The fraction of sp³-hybridized carbons (Fsp3) is 0.345. The Kier molecular flexibility index (Phi) is 9.30. The molecule has 1 aliphatic heterocycles. The molecule has 1 amide bonds. The molecule has 13 heteroatoms. The van der Waals surface area contributed by atoms with Crippen molar-refractivity contribution in [2.75, 3.05) is 31.1 Å². The maximum atomic E-state index is 14.1. The number of anilines is 1. The summed E-state index contributed by atoms with van der Waals surface area (Å²) in [6.45, 7) is 10.8. The third kappa shape index (κ3) is 6.76. The molecule has 0 N–H and O–H groups in total. The predicted octanol–water partition coefficient (Wildman–Crippen LogP) is 8.66. The van der Waals surface area contributed by atoms with E-state index < -0.39 is 28.9 Å². The second-order valence-corrected chi connectivity index (χ2v) is 11.8. The van der Waals surface area contributed by atoms with Crippen LogP contribution >= 0.6 is 34.8 Å². The van der Waals surface area contributed by atoms with Crippen LogP contribution in [0.1, 0.15) is 31.9 Å². The highest BCUT2D eigenvalue weighted by molar-refractivity contribution is 6.39. The van der Waals surface area contributed by atoms with E-state index in [0.29, 0.717) is 43.1 Å². The second kappa shape index (κ2) is 12.3. The number of ether oxygens (including phenoxy) is 1. The van der Waals surface area contributed by atoms with Crippen LogP contribution in [0, 0.1) is 37.1 Å². The molecule has 0 radical (unpaired) electrons. The highest BCUT2D eigenvalue weighted by atomic mass is 35.5. The van der Waals surface area contributed by atoms with Gasteiger partial charge in [-0.05, 0) is 34.6 Å². The number of benzene rings is 2. The number of halogens is 7. The average Bonchev–Trinajstić information content (AvgIpc) is 2.88. The third-order valence-electron chi connectivity index (χ3n) is 6.49. The van der Waals surface area contributed by atoms with Crippen LogP contribution in [0.4, 0.5) is 28.2 Å². The van der Waals surface area contributed by atoms with Gasteiger partial charge in [-0.15, -0.1) is 0 Å². The minimum Gasteiger partial charge on any atom is -0.444 e. The Hall–Kier alpha value is -3.08. The molecular weight excluding hydrogens is 619 g/mol. The first-order valence-electron chi connectivity index (χ1n) is 12.9. The summed E-state index contributed by atoms with van der Waals surface area (Å²) in [5.41, 5.74) is 0.851. The zero-order valence-corrected chi connectivity index (χ0v) is 25.7. The molecule has 4 aromatic rings. The van der Waals surface area contributed by atoms with Crippen molar-refractivity contribution in [3.63, 3.8) is 0 Å². The van der Waals surface area contributed by atoms with Crippen molar-refractivity contribution in [3.05, 3.63) is 73.9 Å². The Balaban J connectivity index is 0.000000227. The lowest BCUT2D eigenvalue weighted by molar-refractivity contribution is 0.0240. The van der Waals surface area contributed by atoms with E-state index >= 15 is 0 Å². The van der Waals surface area contributed by atoms with Gasteiger partial charge < -0.3 is 14.5 Å². The average molecular weight is 646 g/mol. The second-order valence-electron chi connectivity index (χ2n) is 10.7. The highest BCUT2D eigenvalue weighted by Crippen LogP contribution is 2.35. The SMILES string of the molecule is Cc1c(Cl)nc2cc(F)cc(F)c2c1Cl.Cc1c(N2CCN(C(=O)OC(C)(C)C)CC2)nc2cc(F)cc(F)c2c1Cl.